The summed E-state index contributed by atoms with van der Waals surface area (Å²) in [5, 5.41) is 7.90. The van der Waals surface area contributed by atoms with Gasteiger partial charge in [-0.25, -0.2) is 0 Å². The van der Waals surface area contributed by atoms with Crippen LogP contribution in [0.3, 0.4) is 0 Å². The van der Waals surface area contributed by atoms with E-state index in [0.29, 0.717) is 13.1 Å². The molecule has 78 valence electrons. The van der Waals surface area contributed by atoms with E-state index in [1.165, 1.54) is 0 Å². The lowest BCUT2D eigenvalue weighted by Crippen LogP contribution is -2.10. The Bertz CT molecular complexity index is 453. The largest absolute Gasteiger partial charge is 0.329 e. The number of rotatable bonds is 3. The number of hydrogen-bond donors (Lipinski definition) is 1. The third-order valence-corrected chi connectivity index (χ3v) is 2.38. The lowest BCUT2D eigenvalue weighted by atomic mass is 10.3. The second kappa shape index (κ2) is 4.50. The van der Waals surface area contributed by atoms with Crippen molar-refractivity contribution >= 4 is 15.9 Å². The molecule has 2 rings (SSSR count). The molecule has 0 aliphatic rings. The van der Waals surface area contributed by atoms with Crippen LogP contribution in [0, 0.1) is 0 Å². The topological polar surface area (TPSA) is 69.6 Å². The van der Waals surface area contributed by atoms with Crippen LogP contribution in [-0.4, -0.2) is 26.3 Å². The van der Waals surface area contributed by atoms with Crippen molar-refractivity contribution in [2.45, 2.75) is 6.54 Å². The Morgan fingerprint density at radius 1 is 1.40 bits per heavy atom. The minimum absolute atomic E-state index is 0.562. The highest BCUT2D eigenvalue weighted by atomic mass is 79.9. The molecule has 2 N–H and O–H groups in total. The van der Waals surface area contributed by atoms with Crippen LogP contribution >= 0.6 is 15.9 Å². The van der Waals surface area contributed by atoms with Gasteiger partial charge in [-0.1, -0.05) is 0 Å². The van der Waals surface area contributed by atoms with Gasteiger partial charge in [0.05, 0.1) is 0 Å². The van der Waals surface area contributed by atoms with Crippen LogP contribution in [0.1, 0.15) is 0 Å². The van der Waals surface area contributed by atoms with Gasteiger partial charge in [0.2, 0.25) is 0 Å². The number of pyridine rings is 1. The molecule has 0 unspecified atom stereocenters. The van der Waals surface area contributed by atoms with Crippen LogP contribution in [0.2, 0.25) is 0 Å². The first-order valence-electron chi connectivity index (χ1n) is 4.50. The van der Waals surface area contributed by atoms with E-state index in [2.05, 4.69) is 31.1 Å². The highest BCUT2D eigenvalue weighted by molar-refractivity contribution is 9.10. The van der Waals surface area contributed by atoms with Crippen molar-refractivity contribution in [1.29, 1.82) is 0 Å². The van der Waals surface area contributed by atoms with Crippen molar-refractivity contribution in [2.75, 3.05) is 6.54 Å². The van der Waals surface area contributed by atoms with Crippen LogP contribution < -0.4 is 5.73 Å². The zero-order valence-corrected chi connectivity index (χ0v) is 9.55. The van der Waals surface area contributed by atoms with E-state index in [1.54, 1.807) is 18.7 Å². The molecule has 0 saturated carbocycles. The number of nitrogens with zero attached hydrogens (tertiary/aromatic N) is 4. The van der Waals surface area contributed by atoms with E-state index in [0.717, 1.165) is 15.9 Å². The predicted molar refractivity (Wildman–Crippen MR) is 60.0 cm³/mol. The SMILES string of the molecule is NCCn1cnnc1-c1cncc(Br)c1. The van der Waals surface area contributed by atoms with Crippen LogP contribution in [0.15, 0.2) is 29.3 Å². The molecule has 0 saturated heterocycles. The normalized spacial score (nSPS) is 10.5. The van der Waals surface area contributed by atoms with Gasteiger partial charge in [0.15, 0.2) is 5.82 Å². The van der Waals surface area contributed by atoms with Crippen molar-refractivity contribution in [3.8, 4) is 11.4 Å². The molecular weight excluding hydrogens is 258 g/mol. The second-order valence-electron chi connectivity index (χ2n) is 3.03. The van der Waals surface area contributed by atoms with Crippen LogP contribution in [0.5, 0.6) is 0 Å². The monoisotopic (exact) mass is 267 g/mol. The number of nitrogens with two attached hydrogens (primary N) is 1. The third kappa shape index (κ3) is 2.21. The van der Waals surface area contributed by atoms with Crippen LogP contribution in [0.25, 0.3) is 11.4 Å². The summed E-state index contributed by atoms with van der Waals surface area (Å²) in [6.07, 6.45) is 5.15. The maximum Gasteiger partial charge on any atom is 0.165 e. The first kappa shape index (κ1) is 10.3. The van der Waals surface area contributed by atoms with Crippen LogP contribution in [-0.2, 0) is 6.54 Å². The molecule has 2 heterocycles. The fourth-order valence-electron chi connectivity index (χ4n) is 1.32. The Morgan fingerprint density at radius 2 is 2.27 bits per heavy atom. The van der Waals surface area contributed by atoms with Crippen molar-refractivity contribution in [3.05, 3.63) is 29.3 Å². The zero-order chi connectivity index (χ0) is 10.7. The van der Waals surface area contributed by atoms with E-state index in [-0.39, 0.29) is 0 Å². The van der Waals surface area contributed by atoms with E-state index in [4.69, 9.17) is 5.73 Å². The number of aromatic nitrogens is 4. The minimum atomic E-state index is 0.562. The molecule has 2 aromatic heterocycles. The van der Waals surface area contributed by atoms with Gasteiger partial charge in [-0.3, -0.25) is 4.98 Å². The maximum absolute atomic E-state index is 5.50. The molecule has 0 atom stereocenters. The molecule has 15 heavy (non-hydrogen) atoms. The molecule has 0 fully saturated rings. The molecule has 2 aromatic rings. The number of halogens is 1. The van der Waals surface area contributed by atoms with Gasteiger partial charge in [-0.05, 0) is 22.0 Å². The van der Waals surface area contributed by atoms with E-state index in [9.17, 15) is 0 Å². The molecule has 0 radical (unpaired) electrons. The summed E-state index contributed by atoms with van der Waals surface area (Å²) < 4.78 is 2.82. The van der Waals surface area contributed by atoms with Crippen molar-refractivity contribution < 1.29 is 0 Å². The van der Waals surface area contributed by atoms with Crippen molar-refractivity contribution in [3.63, 3.8) is 0 Å². The zero-order valence-electron chi connectivity index (χ0n) is 7.97. The molecule has 0 amide bonds. The van der Waals surface area contributed by atoms with Gasteiger partial charge < -0.3 is 10.3 Å². The Labute approximate surface area is 95.5 Å². The lowest BCUT2D eigenvalue weighted by molar-refractivity contribution is 0.712. The molecule has 5 nitrogen and oxygen atoms in total. The summed E-state index contributed by atoms with van der Waals surface area (Å²) >= 11 is 3.37. The van der Waals surface area contributed by atoms with Gasteiger partial charge in [0, 0.05) is 35.5 Å². The standard InChI is InChI=1S/C9H10BrN5/c10-8-3-7(4-12-5-8)9-14-13-6-15(9)2-1-11/h3-6H,1-2,11H2. The summed E-state index contributed by atoms with van der Waals surface area (Å²) in [7, 11) is 0. The first-order chi connectivity index (χ1) is 7.31. The average molecular weight is 268 g/mol. The summed E-state index contributed by atoms with van der Waals surface area (Å²) in [5.74, 6) is 0.786. The van der Waals surface area contributed by atoms with Gasteiger partial charge >= 0.3 is 0 Å². The molecule has 0 aliphatic heterocycles. The van der Waals surface area contributed by atoms with Gasteiger partial charge in [-0.15, -0.1) is 10.2 Å². The smallest absolute Gasteiger partial charge is 0.165 e. The highest BCUT2D eigenvalue weighted by Gasteiger charge is 2.06. The molecule has 6 heteroatoms. The summed E-state index contributed by atoms with van der Waals surface area (Å²) in [6.45, 7) is 1.27. The van der Waals surface area contributed by atoms with Gasteiger partial charge in [0.25, 0.3) is 0 Å². The quantitative estimate of drug-likeness (QED) is 0.903. The summed E-state index contributed by atoms with van der Waals surface area (Å²) in [4.78, 5) is 4.08. The fourth-order valence-corrected chi connectivity index (χ4v) is 1.68. The van der Waals surface area contributed by atoms with Crippen LogP contribution in [0.4, 0.5) is 0 Å². The fraction of sp³-hybridized carbons (Fsp3) is 0.222. The van der Waals surface area contributed by atoms with E-state index in [1.807, 2.05) is 10.6 Å². The molecule has 0 aliphatic carbocycles. The Kier molecular flexibility index (Phi) is 3.08. The van der Waals surface area contributed by atoms with Crippen molar-refractivity contribution in [1.82, 2.24) is 19.7 Å². The summed E-state index contributed by atoms with van der Waals surface area (Å²) in [5.41, 5.74) is 6.42. The molecule has 0 bridgehead atoms. The summed E-state index contributed by atoms with van der Waals surface area (Å²) in [6, 6.07) is 1.95. The minimum Gasteiger partial charge on any atom is -0.329 e. The highest BCUT2D eigenvalue weighted by Crippen LogP contribution is 2.19. The molecular formula is C9H10BrN5. The molecule has 0 spiro atoms. The second-order valence-corrected chi connectivity index (χ2v) is 3.94. The van der Waals surface area contributed by atoms with E-state index < -0.39 is 0 Å². The van der Waals surface area contributed by atoms with Gasteiger partial charge in [0.1, 0.15) is 6.33 Å². The Balaban J connectivity index is 2.40. The Hall–Kier alpha value is -1.27. The predicted octanol–water partition coefficient (Wildman–Crippen LogP) is 1.06. The van der Waals surface area contributed by atoms with Gasteiger partial charge in [-0.2, -0.15) is 0 Å². The molecule has 0 aromatic carbocycles. The third-order valence-electron chi connectivity index (χ3n) is 1.95. The lowest BCUT2D eigenvalue weighted by Gasteiger charge is -2.04. The van der Waals surface area contributed by atoms with E-state index >= 15 is 0 Å². The first-order valence-corrected chi connectivity index (χ1v) is 5.29. The Morgan fingerprint density at radius 3 is 3.00 bits per heavy atom. The van der Waals surface area contributed by atoms with Crippen molar-refractivity contribution in [2.24, 2.45) is 5.73 Å². The maximum atomic E-state index is 5.50. The number of hydrogen-bond acceptors (Lipinski definition) is 4. The average Bonchev–Trinajstić information content (AvgIpc) is 2.66.